The third-order valence-electron chi connectivity index (χ3n) is 3.05. The number of carbonyl (C=O) groups is 1. The number of nitrogens with two attached hydrogens (primary N) is 1. The van der Waals surface area contributed by atoms with Crippen LogP contribution in [-0.4, -0.2) is 29.0 Å². The van der Waals surface area contributed by atoms with Gasteiger partial charge in [-0.3, -0.25) is 4.79 Å². The summed E-state index contributed by atoms with van der Waals surface area (Å²) in [6.07, 6.45) is 4.10. The summed E-state index contributed by atoms with van der Waals surface area (Å²) in [5, 5.41) is 2.90. The van der Waals surface area contributed by atoms with Crippen molar-refractivity contribution in [3.8, 4) is 11.8 Å². The summed E-state index contributed by atoms with van der Waals surface area (Å²) in [6, 6.07) is 5.58. The van der Waals surface area contributed by atoms with E-state index < -0.39 is 0 Å². The molecule has 0 saturated carbocycles. The summed E-state index contributed by atoms with van der Waals surface area (Å²) in [5.74, 6) is 5.63. The van der Waals surface area contributed by atoms with E-state index in [-0.39, 0.29) is 5.91 Å². The van der Waals surface area contributed by atoms with Gasteiger partial charge >= 0.3 is 0 Å². The van der Waals surface area contributed by atoms with E-state index in [0.29, 0.717) is 18.7 Å². The molecule has 2 aromatic rings. The maximum absolute atomic E-state index is 12.2. The minimum Gasteiger partial charge on any atom is -0.352 e. The number of aromatic nitrogens is 2. The lowest BCUT2D eigenvalue weighted by atomic mass is 10.0. The molecule has 0 atom stereocenters. The van der Waals surface area contributed by atoms with Gasteiger partial charge in [0.1, 0.15) is 0 Å². The predicted molar refractivity (Wildman–Crippen MR) is 81.7 cm³/mol. The summed E-state index contributed by atoms with van der Waals surface area (Å²) in [5.41, 5.74) is 8.71. The highest BCUT2D eigenvalue weighted by molar-refractivity contribution is 5.96. The number of hydrogen-bond acceptors (Lipinski definition) is 3. The number of H-pyrrole nitrogens is 1. The highest BCUT2D eigenvalue weighted by atomic mass is 16.1. The SMILES string of the molecule is Cc1ccc(C#CCN)cc1C(=O)NCCc1cnc[nH]1. The zero-order valence-corrected chi connectivity index (χ0v) is 11.9. The number of nitrogens with zero attached hydrogens (tertiary/aromatic N) is 1. The van der Waals surface area contributed by atoms with Crippen molar-refractivity contribution in [3.05, 3.63) is 53.1 Å². The van der Waals surface area contributed by atoms with E-state index in [1.807, 2.05) is 19.1 Å². The van der Waals surface area contributed by atoms with Crippen molar-refractivity contribution in [2.24, 2.45) is 5.73 Å². The van der Waals surface area contributed by atoms with E-state index in [9.17, 15) is 4.79 Å². The second-order valence-corrected chi connectivity index (χ2v) is 4.62. The van der Waals surface area contributed by atoms with Gasteiger partial charge in [0.2, 0.25) is 0 Å². The highest BCUT2D eigenvalue weighted by Crippen LogP contribution is 2.10. The fraction of sp³-hybridized carbons (Fsp3) is 0.250. The average Bonchev–Trinajstić information content (AvgIpc) is 2.99. The summed E-state index contributed by atoms with van der Waals surface area (Å²) >= 11 is 0. The van der Waals surface area contributed by atoms with Gasteiger partial charge in [0.05, 0.1) is 12.9 Å². The first kappa shape index (κ1) is 14.8. The molecular weight excluding hydrogens is 264 g/mol. The third-order valence-corrected chi connectivity index (χ3v) is 3.05. The Morgan fingerprint density at radius 1 is 1.48 bits per heavy atom. The van der Waals surface area contributed by atoms with Gasteiger partial charge < -0.3 is 16.0 Å². The molecule has 1 aromatic carbocycles. The van der Waals surface area contributed by atoms with E-state index in [0.717, 1.165) is 23.2 Å². The topological polar surface area (TPSA) is 83.8 Å². The standard InChI is InChI=1S/C16H18N4O/c1-12-4-5-13(3-2-7-17)9-15(12)16(21)19-8-6-14-10-18-11-20-14/h4-5,9-11H,6-8,17H2,1H3,(H,18,20)(H,19,21). The number of imidazole rings is 1. The fourth-order valence-electron chi connectivity index (χ4n) is 1.92. The summed E-state index contributed by atoms with van der Waals surface area (Å²) < 4.78 is 0. The van der Waals surface area contributed by atoms with E-state index in [4.69, 9.17) is 5.73 Å². The molecule has 1 amide bonds. The average molecular weight is 282 g/mol. The highest BCUT2D eigenvalue weighted by Gasteiger charge is 2.09. The Morgan fingerprint density at radius 2 is 2.33 bits per heavy atom. The molecule has 0 aliphatic heterocycles. The fourth-order valence-corrected chi connectivity index (χ4v) is 1.92. The summed E-state index contributed by atoms with van der Waals surface area (Å²) in [7, 11) is 0. The molecule has 108 valence electrons. The van der Waals surface area contributed by atoms with Crippen LogP contribution in [0.2, 0.25) is 0 Å². The molecule has 2 rings (SSSR count). The number of aromatic amines is 1. The van der Waals surface area contributed by atoms with Gasteiger partial charge in [-0.15, -0.1) is 0 Å². The lowest BCUT2D eigenvalue weighted by Gasteiger charge is -2.07. The molecule has 1 heterocycles. The Morgan fingerprint density at radius 3 is 3.05 bits per heavy atom. The molecule has 0 radical (unpaired) electrons. The van der Waals surface area contributed by atoms with Crippen molar-refractivity contribution in [2.75, 3.05) is 13.1 Å². The molecule has 0 fully saturated rings. The van der Waals surface area contributed by atoms with E-state index in [1.54, 1.807) is 18.6 Å². The third kappa shape index (κ3) is 4.20. The number of amides is 1. The maximum Gasteiger partial charge on any atom is 0.251 e. The summed E-state index contributed by atoms with van der Waals surface area (Å²) in [6.45, 7) is 2.77. The van der Waals surface area contributed by atoms with Crippen LogP contribution in [0.5, 0.6) is 0 Å². The predicted octanol–water partition coefficient (Wildman–Crippen LogP) is 1.00. The largest absolute Gasteiger partial charge is 0.352 e. The molecule has 0 saturated heterocycles. The molecule has 0 aliphatic carbocycles. The van der Waals surface area contributed by atoms with Gasteiger partial charge in [-0.2, -0.15) is 0 Å². The van der Waals surface area contributed by atoms with Gasteiger partial charge in [0.15, 0.2) is 0 Å². The zero-order valence-electron chi connectivity index (χ0n) is 11.9. The number of carbonyl (C=O) groups excluding carboxylic acids is 1. The van der Waals surface area contributed by atoms with Crippen LogP contribution >= 0.6 is 0 Å². The second kappa shape index (κ2) is 7.27. The van der Waals surface area contributed by atoms with E-state index in [2.05, 4.69) is 27.1 Å². The van der Waals surface area contributed by atoms with Crippen molar-refractivity contribution in [3.63, 3.8) is 0 Å². The first-order valence-electron chi connectivity index (χ1n) is 6.75. The van der Waals surface area contributed by atoms with Gasteiger partial charge in [-0.05, 0) is 24.6 Å². The van der Waals surface area contributed by atoms with Crippen LogP contribution in [0.3, 0.4) is 0 Å². The number of aryl methyl sites for hydroxylation is 1. The number of benzene rings is 1. The zero-order chi connectivity index (χ0) is 15.1. The van der Waals surface area contributed by atoms with Crippen LogP contribution in [-0.2, 0) is 6.42 Å². The van der Waals surface area contributed by atoms with Crippen LogP contribution in [0.25, 0.3) is 0 Å². The first-order valence-corrected chi connectivity index (χ1v) is 6.75. The monoisotopic (exact) mass is 282 g/mol. The molecule has 21 heavy (non-hydrogen) atoms. The van der Waals surface area contributed by atoms with Crippen molar-refractivity contribution >= 4 is 5.91 Å². The molecule has 4 N–H and O–H groups in total. The Kier molecular flexibility index (Phi) is 5.13. The van der Waals surface area contributed by atoms with Crippen LogP contribution in [0.4, 0.5) is 0 Å². The summed E-state index contributed by atoms with van der Waals surface area (Å²) in [4.78, 5) is 19.2. The van der Waals surface area contributed by atoms with Crippen molar-refractivity contribution in [1.29, 1.82) is 0 Å². The van der Waals surface area contributed by atoms with Crippen molar-refractivity contribution in [2.45, 2.75) is 13.3 Å². The Bertz CT molecular complexity index is 665. The van der Waals surface area contributed by atoms with E-state index in [1.165, 1.54) is 0 Å². The molecule has 0 aliphatic rings. The Hall–Kier alpha value is -2.58. The molecule has 0 bridgehead atoms. The normalized spacial score (nSPS) is 9.81. The number of rotatable bonds is 4. The van der Waals surface area contributed by atoms with Gasteiger partial charge in [-0.1, -0.05) is 17.9 Å². The number of nitrogens with one attached hydrogen (secondary N) is 2. The van der Waals surface area contributed by atoms with Crippen molar-refractivity contribution < 1.29 is 4.79 Å². The minimum atomic E-state index is -0.0941. The number of hydrogen-bond donors (Lipinski definition) is 3. The Balaban J connectivity index is 2.00. The molecule has 1 aromatic heterocycles. The maximum atomic E-state index is 12.2. The molecule has 0 unspecified atom stereocenters. The second-order valence-electron chi connectivity index (χ2n) is 4.62. The lowest BCUT2D eigenvalue weighted by Crippen LogP contribution is -2.26. The quantitative estimate of drug-likeness (QED) is 0.732. The molecule has 0 spiro atoms. The van der Waals surface area contributed by atoms with Gasteiger partial charge in [0.25, 0.3) is 5.91 Å². The molecule has 5 heteroatoms. The lowest BCUT2D eigenvalue weighted by molar-refractivity contribution is 0.0953. The first-order chi connectivity index (χ1) is 10.2. The smallest absolute Gasteiger partial charge is 0.251 e. The van der Waals surface area contributed by atoms with Gasteiger partial charge in [0, 0.05) is 36.0 Å². The van der Waals surface area contributed by atoms with Gasteiger partial charge in [-0.25, -0.2) is 4.98 Å². The van der Waals surface area contributed by atoms with Crippen molar-refractivity contribution in [1.82, 2.24) is 15.3 Å². The van der Waals surface area contributed by atoms with Crippen LogP contribution < -0.4 is 11.1 Å². The van der Waals surface area contributed by atoms with Crippen LogP contribution in [0.15, 0.2) is 30.7 Å². The molecular formula is C16H18N4O. The van der Waals surface area contributed by atoms with E-state index >= 15 is 0 Å². The molecule has 5 nitrogen and oxygen atoms in total. The van der Waals surface area contributed by atoms with Crippen LogP contribution in [0, 0.1) is 18.8 Å². The minimum absolute atomic E-state index is 0.0941. The Labute approximate surface area is 124 Å². The van der Waals surface area contributed by atoms with Crippen LogP contribution in [0.1, 0.15) is 27.2 Å².